The van der Waals surface area contributed by atoms with Crippen LogP contribution in [0.15, 0.2) is 0 Å². The zero-order valence-electron chi connectivity index (χ0n) is 14.3. The van der Waals surface area contributed by atoms with Gasteiger partial charge < -0.3 is 4.74 Å². The summed E-state index contributed by atoms with van der Waals surface area (Å²) in [5.41, 5.74) is 0. The van der Waals surface area contributed by atoms with E-state index in [1.165, 1.54) is 89.9 Å². The summed E-state index contributed by atoms with van der Waals surface area (Å²) in [6.07, 6.45) is 20.7. The number of ether oxygens (including phenoxy) is 1. The highest BCUT2D eigenvalue weighted by Crippen LogP contribution is 2.12. The van der Waals surface area contributed by atoms with E-state index in [0.29, 0.717) is 0 Å². The maximum Gasteiger partial charge on any atom is 0.0836 e. The molecule has 0 spiro atoms. The molecule has 0 unspecified atom stereocenters. The molecule has 0 aliphatic rings. The van der Waals surface area contributed by atoms with E-state index in [-0.39, 0.29) is 0 Å². The molecule has 0 aliphatic heterocycles. The van der Waals surface area contributed by atoms with Gasteiger partial charge in [-0.2, -0.15) is 0 Å². The first-order chi connectivity index (χ1) is 9.91. The van der Waals surface area contributed by atoms with E-state index in [2.05, 4.69) is 13.8 Å². The van der Waals surface area contributed by atoms with Gasteiger partial charge in [0.25, 0.3) is 0 Å². The lowest BCUT2D eigenvalue weighted by Crippen LogP contribution is -1.92. The lowest BCUT2D eigenvalue weighted by molar-refractivity contribution is 0.185. The lowest BCUT2D eigenvalue weighted by Gasteiger charge is -2.04. The first kappa shape index (κ1) is 20.0. The van der Waals surface area contributed by atoms with Gasteiger partial charge in [-0.25, -0.2) is 0 Å². The van der Waals surface area contributed by atoms with Gasteiger partial charge in [0, 0.05) is 6.61 Å². The second-order valence-corrected chi connectivity index (χ2v) is 6.07. The molecule has 0 aromatic heterocycles. The van der Waals surface area contributed by atoms with E-state index < -0.39 is 0 Å². The molecular weight excluding hydrogens is 244 g/mol. The summed E-state index contributed by atoms with van der Waals surface area (Å²) in [5.74, 6) is 0. The zero-order valence-corrected chi connectivity index (χ0v) is 14.3. The number of rotatable bonds is 17. The molecule has 0 bridgehead atoms. The van der Waals surface area contributed by atoms with Gasteiger partial charge in [-0.05, 0) is 12.8 Å². The Hall–Kier alpha value is -0.0400. The third-order valence-corrected chi connectivity index (χ3v) is 3.89. The van der Waals surface area contributed by atoms with E-state index >= 15 is 0 Å². The maximum absolute atomic E-state index is 5.45. The molecule has 1 radical (unpaired) electrons. The SMILES string of the molecule is CCC[CH]OCCCCCCCCCCCCCCC. The number of unbranched alkanes of at least 4 members (excludes halogenated alkanes) is 13. The summed E-state index contributed by atoms with van der Waals surface area (Å²) >= 11 is 0. The van der Waals surface area contributed by atoms with Crippen LogP contribution in [0.3, 0.4) is 0 Å². The van der Waals surface area contributed by atoms with Crippen molar-refractivity contribution in [1.29, 1.82) is 0 Å². The normalized spacial score (nSPS) is 11.1. The van der Waals surface area contributed by atoms with Crippen molar-refractivity contribution >= 4 is 0 Å². The number of hydrogen-bond acceptors (Lipinski definition) is 1. The summed E-state index contributed by atoms with van der Waals surface area (Å²) in [5, 5.41) is 0. The molecule has 0 aliphatic carbocycles. The van der Waals surface area contributed by atoms with Gasteiger partial charge in [-0.3, -0.25) is 0 Å². The van der Waals surface area contributed by atoms with Crippen molar-refractivity contribution in [3.05, 3.63) is 6.61 Å². The van der Waals surface area contributed by atoms with Gasteiger partial charge in [0.1, 0.15) is 0 Å². The smallest absolute Gasteiger partial charge is 0.0836 e. The zero-order chi connectivity index (χ0) is 14.7. The first-order valence-electron chi connectivity index (χ1n) is 9.35. The summed E-state index contributed by atoms with van der Waals surface area (Å²) in [7, 11) is 0. The maximum atomic E-state index is 5.45. The Morgan fingerprint density at radius 1 is 0.550 bits per heavy atom. The third kappa shape index (κ3) is 18.0. The standard InChI is InChI=1S/C19H39O/c1-3-5-7-8-9-10-11-12-13-14-15-16-17-19-20-18-6-4-2/h18H,3-17,19H2,1-2H3. The van der Waals surface area contributed by atoms with Crippen LogP contribution in [0.2, 0.25) is 0 Å². The summed E-state index contributed by atoms with van der Waals surface area (Å²) in [4.78, 5) is 0. The van der Waals surface area contributed by atoms with E-state index in [1.54, 1.807) is 0 Å². The Balaban J connectivity index is 2.89. The van der Waals surface area contributed by atoms with Crippen LogP contribution < -0.4 is 0 Å². The van der Waals surface area contributed by atoms with Crippen LogP contribution in [0.25, 0.3) is 0 Å². The van der Waals surface area contributed by atoms with Gasteiger partial charge in [0.05, 0.1) is 6.61 Å². The molecule has 0 atom stereocenters. The minimum absolute atomic E-state index is 0.928. The Kier molecular flexibility index (Phi) is 18.9. The molecule has 121 valence electrons. The first-order valence-corrected chi connectivity index (χ1v) is 9.35. The van der Waals surface area contributed by atoms with E-state index in [1.807, 2.05) is 6.61 Å². The molecule has 0 saturated carbocycles. The van der Waals surface area contributed by atoms with Gasteiger partial charge in [-0.1, -0.05) is 97.3 Å². The summed E-state index contributed by atoms with van der Waals surface area (Å²) in [6, 6.07) is 0. The van der Waals surface area contributed by atoms with E-state index in [0.717, 1.165) is 13.0 Å². The van der Waals surface area contributed by atoms with Crippen LogP contribution in [0, 0.1) is 6.61 Å². The topological polar surface area (TPSA) is 9.23 Å². The molecule has 0 N–H and O–H groups in total. The molecule has 20 heavy (non-hydrogen) atoms. The van der Waals surface area contributed by atoms with Crippen LogP contribution in [0.5, 0.6) is 0 Å². The minimum atomic E-state index is 0.928. The highest BCUT2D eigenvalue weighted by atomic mass is 16.5. The lowest BCUT2D eigenvalue weighted by atomic mass is 10.0. The molecule has 0 saturated heterocycles. The molecular formula is C19H39O. The second kappa shape index (κ2) is 19.0. The molecule has 0 heterocycles. The van der Waals surface area contributed by atoms with Crippen molar-refractivity contribution < 1.29 is 4.74 Å². The van der Waals surface area contributed by atoms with Gasteiger partial charge >= 0.3 is 0 Å². The Labute approximate surface area is 128 Å². The average Bonchev–Trinajstić information content (AvgIpc) is 2.47. The van der Waals surface area contributed by atoms with Crippen molar-refractivity contribution in [2.75, 3.05) is 6.61 Å². The van der Waals surface area contributed by atoms with Crippen LogP contribution in [0.4, 0.5) is 0 Å². The largest absolute Gasteiger partial charge is 0.376 e. The summed E-state index contributed by atoms with van der Waals surface area (Å²) < 4.78 is 5.45. The Morgan fingerprint density at radius 2 is 1.00 bits per heavy atom. The number of hydrogen-bond donors (Lipinski definition) is 0. The fourth-order valence-electron chi connectivity index (χ4n) is 2.49. The van der Waals surface area contributed by atoms with Crippen LogP contribution in [0.1, 0.15) is 110 Å². The monoisotopic (exact) mass is 283 g/mol. The van der Waals surface area contributed by atoms with Gasteiger partial charge in [-0.15, -0.1) is 0 Å². The van der Waals surface area contributed by atoms with Gasteiger partial charge in [0.15, 0.2) is 0 Å². The second-order valence-electron chi connectivity index (χ2n) is 6.07. The van der Waals surface area contributed by atoms with Crippen LogP contribution in [-0.4, -0.2) is 6.61 Å². The highest BCUT2D eigenvalue weighted by molar-refractivity contribution is 4.51. The molecule has 0 rings (SSSR count). The molecule has 0 fully saturated rings. The van der Waals surface area contributed by atoms with Crippen molar-refractivity contribution in [2.45, 2.75) is 110 Å². The van der Waals surface area contributed by atoms with Crippen molar-refractivity contribution in [2.24, 2.45) is 0 Å². The van der Waals surface area contributed by atoms with Crippen LogP contribution >= 0.6 is 0 Å². The molecule has 1 heteroatoms. The molecule has 0 aromatic rings. The molecule has 0 aromatic carbocycles. The minimum Gasteiger partial charge on any atom is -0.376 e. The average molecular weight is 284 g/mol. The predicted octanol–water partition coefficient (Wildman–Crippen LogP) is 7.06. The van der Waals surface area contributed by atoms with E-state index in [9.17, 15) is 0 Å². The van der Waals surface area contributed by atoms with E-state index in [4.69, 9.17) is 4.74 Å². The predicted molar refractivity (Wildman–Crippen MR) is 90.9 cm³/mol. The molecule has 1 nitrogen and oxygen atoms in total. The van der Waals surface area contributed by atoms with Gasteiger partial charge in [0.2, 0.25) is 0 Å². The quantitative estimate of drug-likeness (QED) is 0.260. The van der Waals surface area contributed by atoms with Crippen molar-refractivity contribution in [3.63, 3.8) is 0 Å². The highest BCUT2D eigenvalue weighted by Gasteiger charge is 1.94. The Morgan fingerprint density at radius 3 is 1.45 bits per heavy atom. The van der Waals surface area contributed by atoms with Crippen molar-refractivity contribution in [3.8, 4) is 0 Å². The summed E-state index contributed by atoms with van der Waals surface area (Å²) in [6.45, 7) is 7.37. The van der Waals surface area contributed by atoms with Crippen LogP contribution in [-0.2, 0) is 4.74 Å². The Bertz CT molecular complexity index is 138. The fraction of sp³-hybridized carbons (Fsp3) is 0.947. The third-order valence-electron chi connectivity index (χ3n) is 3.89. The molecule has 0 amide bonds. The van der Waals surface area contributed by atoms with Crippen molar-refractivity contribution in [1.82, 2.24) is 0 Å². The fourth-order valence-corrected chi connectivity index (χ4v) is 2.49.